The highest BCUT2D eigenvalue weighted by Gasteiger charge is 2.11. The van der Waals surface area contributed by atoms with E-state index in [0.717, 1.165) is 36.5 Å². The Morgan fingerprint density at radius 1 is 1.11 bits per heavy atom. The van der Waals surface area contributed by atoms with Crippen molar-refractivity contribution >= 4 is 22.8 Å². The number of nitrogens with one attached hydrogen (secondary N) is 1. The van der Waals surface area contributed by atoms with Gasteiger partial charge in [-0.05, 0) is 37.6 Å². The molecule has 9 heteroatoms. The van der Waals surface area contributed by atoms with Crippen LogP contribution in [0.1, 0.15) is 26.7 Å². The fraction of sp³-hybridized carbons (Fsp3) is 0.316. The van der Waals surface area contributed by atoms with Crippen molar-refractivity contribution < 1.29 is 4.74 Å². The summed E-state index contributed by atoms with van der Waals surface area (Å²) in [4.78, 5) is 8.91. The van der Waals surface area contributed by atoms with Crippen LogP contribution in [0.2, 0.25) is 0 Å². The van der Waals surface area contributed by atoms with Crippen molar-refractivity contribution in [3.63, 3.8) is 0 Å². The zero-order valence-electron chi connectivity index (χ0n) is 15.9. The van der Waals surface area contributed by atoms with E-state index in [-0.39, 0.29) is 0 Å². The van der Waals surface area contributed by atoms with Gasteiger partial charge in [-0.25, -0.2) is 4.98 Å². The fourth-order valence-electron chi connectivity index (χ4n) is 2.81. The summed E-state index contributed by atoms with van der Waals surface area (Å²) in [6.45, 7) is 5.64. The molecular formula is C19H22N8O. The van der Waals surface area contributed by atoms with Crippen LogP contribution in [0.3, 0.4) is 0 Å². The lowest BCUT2D eigenvalue weighted by atomic mass is 10.3. The number of anilines is 2. The summed E-state index contributed by atoms with van der Waals surface area (Å²) < 4.78 is 9.08. The van der Waals surface area contributed by atoms with Crippen LogP contribution in [-0.2, 0) is 6.54 Å². The molecule has 0 bridgehead atoms. The van der Waals surface area contributed by atoms with E-state index in [9.17, 15) is 0 Å². The molecule has 0 unspecified atom stereocenters. The molecule has 0 atom stereocenters. The monoisotopic (exact) mass is 378 g/mol. The average molecular weight is 378 g/mol. The Kier molecular flexibility index (Phi) is 5.14. The first-order valence-electron chi connectivity index (χ1n) is 9.38. The fourth-order valence-corrected chi connectivity index (χ4v) is 2.81. The Balaban J connectivity index is 1.58. The van der Waals surface area contributed by atoms with Crippen molar-refractivity contribution in [1.82, 2.24) is 34.7 Å². The number of ether oxygens (including phenoxy) is 1. The second kappa shape index (κ2) is 8.03. The number of hydrogen-bond donors (Lipinski definition) is 1. The Morgan fingerprint density at radius 2 is 1.96 bits per heavy atom. The molecule has 1 N–H and O–H groups in total. The summed E-state index contributed by atoms with van der Waals surface area (Å²) >= 11 is 0. The first kappa shape index (κ1) is 17.9. The Hall–Kier alpha value is -3.49. The topological polar surface area (TPSA) is 95.6 Å². The van der Waals surface area contributed by atoms with Gasteiger partial charge in [-0.15, -0.1) is 5.10 Å². The number of nitrogens with zero attached hydrogens (tertiary/aromatic N) is 7. The molecule has 144 valence electrons. The Labute approximate surface area is 162 Å². The SMILES string of the molecule is CCCCn1cc(Nc2ncc3nnn(-c4ccc(OCC)cc4)c3n2)cn1. The summed E-state index contributed by atoms with van der Waals surface area (Å²) in [5.41, 5.74) is 2.94. The molecule has 28 heavy (non-hydrogen) atoms. The van der Waals surface area contributed by atoms with Gasteiger partial charge >= 0.3 is 0 Å². The first-order valence-corrected chi connectivity index (χ1v) is 9.38. The van der Waals surface area contributed by atoms with Gasteiger partial charge in [0.05, 0.1) is 30.4 Å². The lowest BCUT2D eigenvalue weighted by Gasteiger charge is -2.06. The maximum atomic E-state index is 5.49. The third-order valence-electron chi connectivity index (χ3n) is 4.21. The third-order valence-corrected chi connectivity index (χ3v) is 4.21. The van der Waals surface area contributed by atoms with Crippen molar-refractivity contribution in [1.29, 1.82) is 0 Å². The van der Waals surface area contributed by atoms with E-state index in [2.05, 4.69) is 37.6 Å². The van der Waals surface area contributed by atoms with Gasteiger partial charge in [0.15, 0.2) is 11.2 Å². The maximum absolute atomic E-state index is 5.49. The van der Waals surface area contributed by atoms with Gasteiger partial charge in [0, 0.05) is 12.7 Å². The van der Waals surface area contributed by atoms with E-state index in [4.69, 9.17) is 4.74 Å². The van der Waals surface area contributed by atoms with Gasteiger partial charge in [-0.2, -0.15) is 14.8 Å². The van der Waals surface area contributed by atoms with Gasteiger partial charge < -0.3 is 10.1 Å². The number of fused-ring (bicyclic) bond motifs is 1. The van der Waals surface area contributed by atoms with Gasteiger partial charge in [0.1, 0.15) is 5.75 Å². The van der Waals surface area contributed by atoms with Crippen LogP contribution in [-0.4, -0.2) is 41.3 Å². The zero-order chi connectivity index (χ0) is 19.3. The second-order valence-electron chi connectivity index (χ2n) is 6.30. The number of rotatable bonds is 8. The molecule has 3 aromatic heterocycles. The molecule has 0 aliphatic heterocycles. The average Bonchev–Trinajstić information content (AvgIpc) is 3.34. The predicted octanol–water partition coefficient (Wildman–Crippen LogP) is 3.35. The number of aromatic nitrogens is 7. The predicted molar refractivity (Wildman–Crippen MR) is 106 cm³/mol. The van der Waals surface area contributed by atoms with E-state index in [1.165, 1.54) is 0 Å². The summed E-state index contributed by atoms with van der Waals surface area (Å²) in [5.74, 6) is 1.28. The molecule has 1 aromatic carbocycles. The summed E-state index contributed by atoms with van der Waals surface area (Å²) in [5, 5.41) is 15.9. The van der Waals surface area contributed by atoms with E-state index >= 15 is 0 Å². The molecule has 0 radical (unpaired) electrons. The zero-order valence-corrected chi connectivity index (χ0v) is 15.9. The number of hydrogen-bond acceptors (Lipinski definition) is 7. The Morgan fingerprint density at radius 3 is 2.75 bits per heavy atom. The molecule has 9 nitrogen and oxygen atoms in total. The highest BCUT2D eigenvalue weighted by molar-refractivity contribution is 5.72. The molecule has 4 aromatic rings. The molecule has 0 saturated heterocycles. The largest absolute Gasteiger partial charge is 0.494 e. The van der Waals surface area contributed by atoms with Crippen LogP contribution in [0.4, 0.5) is 11.6 Å². The molecule has 0 aliphatic carbocycles. The van der Waals surface area contributed by atoms with E-state index < -0.39 is 0 Å². The lowest BCUT2D eigenvalue weighted by Crippen LogP contribution is -2.01. The van der Waals surface area contributed by atoms with E-state index in [1.807, 2.05) is 42.1 Å². The van der Waals surface area contributed by atoms with Crippen LogP contribution >= 0.6 is 0 Å². The molecular weight excluding hydrogens is 356 g/mol. The maximum Gasteiger partial charge on any atom is 0.229 e. The van der Waals surface area contributed by atoms with Gasteiger partial charge in [0.25, 0.3) is 0 Å². The van der Waals surface area contributed by atoms with Crippen molar-refractivity contribution in [3.05, 3.63) is 42.9 Å². The van der Waals surface area contributed by atoms with Gasteiger partial charge in [-0.3, -0.25) is 4.68 Å². The highest BCUT2D eigenvalue weighted by atomic mass is 16.5. The van der Waals surface area contributed by atoms with Crippen molar-refractivity contribution in [2.24, 2.45) is 0 Å². The number of aryl methyl sites for hydroxylation is 1. The van der Waals surface area contributed by atoms with Crippen LogP contribution in [0.5, 0.6) is 5.75 Å². The number of unbranched alkanes of at least 4 members (excludes halogenated alkanes) is 1. The highest BCUT2D eigenvalue weighted by Crippen LogP contribution is 2.20. The van der Waals surface area contributed by atoms with Crippen molar-refractivity contribution in [2.45, 2.75) is 33.2 Å². The van der Waals surface area contributed by atoms with Crippen LogP contribution in [0.25, 0.3) is 16.9 Å². The van der Waals surface area contributed by atoms with E-state index in [1.54, 1.807) is 17.1 Å². The molecule has 3 heterocycles. The standard InChI is InChI=1S/C19H22N8O/c1-3-5-10-26-13-14(11-21-26)22-19-20-12-17-18(23-19)27(25-24-17)15-6-8-16(9-7-15)28-4-2/h6-9,11-13H,3-5,10H2,1-2H3,(H,20,22,23). The summed E-state index contributed by atoms with van der Waals surface area (Å²) in [6.07, 6.45) is 7.60. The second-order valence-corrected chi connectivity index (χ2v) is 6.30. The molecule has 0 fully saturated rings. The summed E-state index contributed by atoms with van der Waals surface area (Å²) in [7, 11) is 0. The van der Waals surface area contributed by atoms with Gasteiger partial charge in [0.2, 0.25) is 5.95 Å². The molecule has 0 spiro atoms. The van der Waals surface area contributed by atoms with Crippen molar-refractivity contribution in [2.75, 3.05) is 11.9 Å². The smallest absolute Gasteiger partial charge is 0.229 e. The minimum atomic E-state index is 0.469. The minimum absolute atomic E-state index is 0.469. The van der Waals surface area contributed by atoms with E-state index in [0.29, 0.717) is 23.7 Å². The minimum Gasteiger partial charge on any atom is -0.494 e. The third kappa shape index (κ3) is 3.78. The molecule has 0 amide bonds. The molecule has 4 rings (SSSR count). The summed E-state index contributed by atoms with van der Waals surface area (Å²) in [6, 6.07) is 7.65. The van der Waals surface area contributed by atoms with Gasteiger partial charge in [-0.1, -0.05) is 18.6 Å². The first-order chi connectivity index (χ1) is 13.8. The molecule has 0 aliphatic rings. The quantitative estimate of drug-likeness (QED) is 0.502. The normalized spacial score (nSPS) is 11.1. The lowest BCUT2D eigenvalue weighted by molar-refractivity contribution is 0.340. The number of benzene rings is 1. The molecule has 0 saturated carbocycles. The Bertz CT molecular complexity index is 1050. The van der Waals surface area contributed by atoms with Crippen LogP contribution < -0.4 is 10.1 Å². The van der Waals surface area contributed by atoms with Crippen LogP contribution in [0, 0.1) is 0 Å². The van der Waals surface area contributed by atoms with Crippen molar-refractivity contribution in [3.8, 4) is 11.4 Å². The van der Waals surface area contributed by atoms with Crippen LogP contribution in [0.15, 0.2) is 42.9 Å².